The van der Waals surface area contributed by atoms with Crippen LogP contribution in [-0.2, 0) is 0 Å². The Labute approximate surface area is 123 Å². The number of nitrogens with zero attached hydrogens (tertiary/aromatic N) is 2. The Kier molecular flexibility index (Phi) is 3.49. The molecule has 0 unspecified atom stereocenters. The van der Waals surface area contributed by atoms with Gasteiger partial charge < -0.3 is 4.90 Å². The molecule has 1 saturated carbocycles. The van der Waals surface area contributed by atoms with E-state index in [-0.39, 0.29) is 17.8 Å². The van der Waals surface area contributed by atoms with E-state index in [1.807, 2.05) is 13.0 Å². The number of rotatable bonds is 4. The van der Waals surface area contributed by atoms with Gasteiger partial charge >= 0.3 is 0 Å². The minimum atomic E-state index is -0.277. The van der Waals surface area contributed by atoms with E-state index >= 15 is 0 Å². The highest BCUT2D eigenvalue weighted by atomic mass is 19.1. The van der Waals surface area contributed by atoms with Crippen LogP contribution in [0, 0.1) is 5.82 Å². The topological polar surface area (TPSA) is 49.0 Å². The smallest absolute Gasteiger partial charge is 0.274 e. The highest BCUT2D eigenvalue weighted by Crippen LogP contribution is 2.39. The fourth-order valence-electron chi connectivity index (χ4n) is 2.37. The maximum absolute atomic E-state index is 13.0. The van der Waals surface area contributed by atoms with E-state index in [9.17, 15) is 9.18 Å². The number of benzene rings is 1. The summed E-state index contributed by atoms with van der Waals surface area (Å²) in [4.78, 5) is 14.1. The zero-order valence-corrected chi connectivity index (χ0v) is 12.1. The summed E-state index contributed by atoms with van der Waals surface area (Å²) in [6.45, 7) is 1.92. The van der Waals surface area contributed by atoms with E-state index in [0.717, 1.165) is 24.1 Å². The number of amides is 1. The lowest BCUT2D eigenvalue weighted by molar-refractivity contribution is 0.0736. The molecule has 0 saturated heterocycles. The molecule has 1 amide bonds. The Morgan fingerprint density at radius 3 is 2.67 bits per heavy atom. The summed E-state index contributed by atoms with van der Waals surface area (Å²) < 4.78 is 13.0. The number of carbonyl (C=O) groups is 1. The molecule has 5 heteroatoms. The van der Waals surface area contributed by atoms with Crippen LogP contribution < -0.4 is 0 Å². The molecule has 3 rings (SSSR count). The number of hydrogen-bond donors (Lipinski definition) is 1. The van der Waals surface area contributed by atoms with Gasteiger partial charge in [0, 0.05) is 18.7 Å². The van der Waals surface area contributed by atoms with Crippen LogP contribution in [0.25, 0.3) is 0 Å². The standard InChI is InChI=1S/C16H18FN3O/c1-10(11-5-7-13(17)8-6-11)20(2)16(21)15-9-14(18-19-15)12-3-4-12/h5-10,12H,3-4H2,1-2H3,(H,18,19)/t10-/m1/s1. The molecule has 110 valence electrons. The Morgan fingerprint density at radius 1 is 1.38 bits per heavy atom. The van der Waals surface area contributed by atoms with Crippen molar-refractivity contribution in [2.45, 2.75) is 31.7 Å². The van der Waals surface area contributed by atoms with Crippen LogP contribution in [0.2, 0.25) is 0 Å². The Balaban J connectivity index is 1.74. The average Bonchev–Trinajstić information content (AvgIpc) is 3.23. The van der Waals surface area contributed by atoms with E-state index in [4.69, 9.17) is 0 Å². The molecule has 1 atom stereocenters. The Bertz CT molecular complexity index is 646. The summed E-state index contributed by atoms with van der Waals surface area (Å²) in [6, 6.07) is 7.91. The van der Waals surface area contributed by atoms with Crippen molar-refractivity contribution >= 4 is 5.91 Å². The molecule has 0 radical (unpaired) electrons. The molecule has 1 heterocycles. The van der Waals surface area contributed by atoms with Crippen LogP contribution in [0.4, 0.5) is 4.39 Å². The number of aromatic nitrogens is 2. The van der Waals surface area contributed by atoms with Crippen molar-refractivity contribution in [2.24, 2.45) is 0 Å². The molecular weight excluding hydrogens is 269 g/mol. The van der Waals surface area contributed by atoms with Gasteiger partial charge in [0.15, 0.2) is 0 Å². The lowest BCUT2D eigenvalue weighted by Gasteiger charge is -2.24. The monoisotopic (exact) mass is 287 g/mol. The largest absolute Gasteiger partial charge is 0.334 e. The van der Waals surface area contributed by atoms with Crippen LogP contribution >= 0.6 is 0 Å². The van der Waals surface area contributed by atoms with E-state index < -0.39 is 0 Å². The summed E-state index contributed by atoms with van der Waals surface area (Å²) in [6.07, 6.45) is 2.33. The summed E-state index contributed by atoms with van der Waals surface area (Å²) >= 11 is 0. The summed E-state index contributed by atoms with van der Waals surface area (Å²) in [5.41, 5.74) is 2.37. The third-order valence-electron chi connectivity index (χ3n) is 4.09. The maximum Gasteiger partial charge on any atom is 0.274 e. The van der Waals surface area contributed by atoms with Crippen LogP contribution in [0.1, 0.15) is 53.5 Å². The molecule has 1 aliphatic rings. The first-order chi connectivity index (χ1) is 10.1. The molecule has 1 aromatic heterocycles. The normalized spacial score (nSPS) is 15.8. The molecule has 4 nitrogen and oxygen atoms in total. The maximum atomic E-state index is 13.0. The van der Waals surface area contributed by atoms with Gasteiger partial charge in [-0.3, -0.25) is 9.89 Å². The average molecular weight is 287 g/mol. The second kappa shape index (κ2) is 5.31. The van der Waals surface area contributed by atoms with Gasteiger partial charge in [-0.05, 0) is 43.5 Å². The van der Waals surface area contributed by atoms with Crippen LogP contribution in [0.3, 0.4) is 0 Å². The Hall–Kier alpha value is -2.17. The van der Waals surface area contributed by atoms with Gasteiger partial charge in [0.05, 0.1) is 6.04 Å². The van der Waals surface area contributed by atoms with Gasteiger partial charge in [-0.1, -0.05) is 12.1 Å². The fourth-order valence-corrected chi connectivity index (χ4v) is 2.37. The molecule has 21 heavy (non-hydrogen) atoms. The van der Waals surface area contributed by atoms with E-state index in [2.05, 4.69) is 10.2 Å². The highest BCUT2D eigenvalue weighted by Gasteiger charge is 2.28. The van der Waals surface area contributed by atoms with E-state index in [0.29, 0.717) is 11.6 Å². The van der Waals surface area contributed by atoms with Gasteiger partial charge in [-0.2, -0.15) is 5.10 Å². The SMILES string of the molecule is C[C@H](c1ccc(F)cc1)N(C)C(=O)c1cc(C2CC2)[nH]n1. The number of hydrogen-bond acceptors (Lipinski definition) is 2. The minimum Gasteiger partial charge on any atom is -0.334 e. The second-order valence-corrected chi connectivity index (χ2v) is 5.63. The zero-order chi connectivity index (χ0) is 15.0. The first-order valence-electron chi connectivity index (χ1n) is 7.14. The Morgan fingerprint density at radius 2 is 2.05 bits per heavy atom. The van der Waals surface area contributed by atoms with Crippen molar-refractivity contribution in [2.75, 3.05) is 7.05 Å². The number of H-pyrrole nitrogens is 1. The van der Waals surface area contributed by atoms with Crippen LogP contribution in [0.5, 0.6) is 0 Å². The highest BCUT2D eigenvalue weighted by molar-refractivity contribution is 5.92. The zero-order valence-electron chi connectivity index (χ0n) is 12.1. The predicted octanol–water partition coefficient (Wildman–Crippen LogP) is 3.26. The molecule has 2 aromatic rings. The minimum absolute atomic E-state index is 0.130. The van der Waals surface area contributed by atoms with E-state index in [1.54, 1.807) is 24.1 Å². The molecule has 0 spiro atoms. The van der Waals surface area contributed by atoms with Crippen molar-refractivity contribution in [1.82, 2.24) is 15.1 Å². The lowest BCUT2D eigenvalue weighted by atomic mass is 10.1. The predicted molar refractivity (Wildman–Crippen MR) is 77.5 cm³/mol. The summed E-state index contributed by atoms with van der Waals surface area (Å²) in [5.74, 6) is 0.134. The summed E-state index contributed by atoms with van der Waals surface area (Å²) in [7, 11) is 1.74. The number of halogens is 1. The first-order valence-corrected chi connectivity index (χ1v) is 7.14. The molecule has 1 fully saturated rings. The number of aromatic amines is 1. The molecule has 1 N–H and O–H groups in total. The third kappa shape index (κ3) is 2.82. The van der Waals surface area contributed by atoms with Crippen molar-refractivity contribution < 1.29 is 9.18 Å². The third-order valence-corrected chi connectivity index (χ3v) is 4.09. The van der Waals surface area contributed by atoms with Crippen molar-refractivity contribution in [3.63, 3.8) is 0 Å². The van der Waals surface area contributed by atoms with Crippen molar-refractivity contribution in [3.05, 3.63) is 53.1 Å². The van der Waals surface area contributed by atoms with Gasteiger partial charge in [0.2, 0.25) is 0 Å². The first kappa shape index (κ1) is 13.8. The molecule has 0 bridgehead atoms. The van der Waals surface area contributed by atoms with Crippen LogP contribution in [0.15, 0.2) is 30.3 Å². The van der Waals surface area contributed by atoms with Crippen molar-refractivity contribution in [1.29, 1.82) is 0 Å². The lowest BCUT2D eigenvalue weighted by Crippen LogP contribution is -2.29. The quantitative estimate of drug-likeness (QED) is 0.938. The van der Waals surface area contributed by atoms with Gasteiger partial charge in [0.1, 0.15) is 11.5 Å². The molecule has 1 aliphatic carbocycles. The van der Waals surface area contributed by atoms with E-state index in [1.165, 1.54) is 12.1 Å². The van der Waals surface area contributed by atoms with Crippen molar-refractivity contribution in [3.8, 4) is 0 Å². The van der Waals surface area contributed by atoms with Gasteiger partial charge in [0.25, 0.3) is 5.91 Å². The van der Waals surface area contributed by atoms with Crippen LogP contribution in [-0.4, -0.2) is 28.1 Å². The molecular formula is C16H18FN3O. The number of nitrogens with one attached hydrogen (secondary N) is 1. The summed E-state index contributed by atoms with van der Waals surface area (Å²) in [5, 5.41) is 7.05. The van der Waals surface area contributed by atoms with Gasteiger partial charge in [-0.25, -0.2) is 4.39 Å². The number of carbonyl (C=O) groups excluding carboxylic acids is 1. The molecule has 1 aromatic carbocycles. The fraction of sp³-hybridized carbons (Fsp3) is 0.375. The molecule has 0 aliphatic heterocycles. The van der Waals surface area contributed by atoms with Gasteiger partial charge in [-0.15, -0.1) is 0 Å². The second-order valence-electron chi connectivity index (χ2n) is 5.63.